The Morgan fingerprint density at radius 3 is 2.15 bits per heavy atom. The Morgan fingerprint density at radius 1 is 1.31 bits per heavy atom. The van der Waals surface area contributed by atoms with Gasteiger partial charge in [0.25, 0.3) is 0 Å². The molecule has 2 unspecified atom stereocenters. The minimum Gasteiger partial charge on any atom is -0.390 e. The maximum atomic E-state index is 11.7. The van der Waals surface area contributed by atoms with Crippen LogP contribution in [0.25, 0.3) is 0 Å². The molecule has 3 nitrogen and oxygen atoms in total. The second-order valence-corrected chi connectivity index (χ2v) is 6.91. The minimum atomic E-state index is -2.87. The van der Waals surface area contributed by atoms with Crippen LogP contribution >= 0.6 is 0 Å². The van der Waals surface area contributed by atoms with Crippen molar-refractivity contribution in [2.75, 3.05) is 0 Å². The number of aliphatic hydroxyl groups is 1. The molecule has 2 aliphatic heterocycles. The number of hydrogen-bond acceptors (Lipinski definition) is 3. The van der Waals surface area contributed by atoms with E-state index in [0.717, 1.165) is 12.8 Å². The Morgan fingerprint density at radius 2 is 1.77 bits per heavy atom. The summed E-state index contributed by atoms with van der Waals surface area (Å²) in [5.41, 5.74) is -0.697. The fourth-order valence-electron chi connectivity index (χ4n) is 2.63. The van der Waals surface area contributed by atoms with Gasteiger partial charge in [0.15, 0.2) is 9.84 Å². The third-order valence-electron chi connectivity index (χ3n) is 3.61. The number of fused-ring (bicyclic) bond motifs is 2. The first-order valence-corrected chi connectivity index (χ1v) is 6.54. The van der Waals surface area contributed by atoms with Gasteiger partial charge < -0.3 is 5.11 Å². The lowest BCUT2D eigenvalue weighted by Gasteiger charge is -2.35. The summed E-state index contributed by atoms with van der Waals surface area (Å²) in [5, 5.41) is 9.52. The third kappa shape index (κ3) is 1.31. The molecular weight excluding hydrogens is 188 g/mol. The molecule has 0 aromatic carbocycles. The van der Waals surface area contributed by atoms with E-state index < -0.39 is 15.4 Å². The SMILES string of the molecule is CCC1(O)CC2CCC(C1)S2(=O)=O. The summed E-state index contributed by atoms with van der Waals surface area (Å²) in [5.74, 6) is 0. The predicted octanol–water partition coefficient (Wildman–Crippen LogP) is 0.867. The van der Waals surface area contributed by atoms with Crippen LogP contribution in [0.15, 0.2) is 0 Å². The van der Waals surface area contributed by atoms with Gasteiger partial charge >= 0.3 is 0 Å². The standard InChI is InChI=1S/C9H16O3S/c1-2-9(10)5-7-3-4-8(6-9)13(7,11)12/h7-8,10H,2-6H2,1H3. The molecule has 13 heavy (non-hydrogen) atoms. The summed E-state index contributed by atoms with van der Waals surface area (Å²) in [7, 11) is -2.87. The molecule has 76 valence electrons. The van der Waals surface area contributed by atoms with Crippen molar-refractivity contribution in [1.82, 2.24) is 0 Å². The van der Waals surface area contributed by atoms with Crippen molar-refractivity contribution in [2.24, 2.45) is 0 Å². The first-order chi connectivity index (χ1) is 5.98. The number of sulfone groups is 1. The monoisotopic (exact) mass is 204 g/mol. The van der Waals surface area contributed by atoms with Crippen LogP contribution in [0.2, 0.25) is 0 Å². The van der Waals surface area contributed by atoms with Crippen molar-refractivity contribution in [3.05, 3.63) is 0 Å². The van der Waals surface area contributed by atoms with Gasteiger partial charge in [-0.2, -0.15) is 0 Å². The van der Waals surface area contributed by atoms with Crippen molar-refractivity contribution in [3.8, 4) is 0 Å². The molecule has 1 N–H and O–H groups in total. The summed E-state index contributed by atoms with van der Waals surface area (Å²) in [6, 6.07) is 0. The van der Waals surface area contributed by atoms with Gasteiger partial charge in [-0.15, -0.1) is 0 Å². The minimum absolute atomic E-state index is 0.254. The van der Waals surface area contributed by atoms with Crippen LogP contribution in [0.5, 0.6) is 0 Å². The van der Waals surface area contributed by atoms with Crippen LogP contribution < -0.4 is 0 Å². The Kier molecular flexibility index (Phi) is 1.97. The van der Waals surface area contributed by atoms with E-state index in [0.29, 0.717) is 19.3 Å². The predicted molar refractivity (Wildman–Crippen MR) is 50.2 cm³/mol. The van der Waals surface area contributed by atoms with Crippen molar-refractivity contribution in [3.63, 3.8) is 0 Å². The molecule has 0 saturated carbocycles. The van der Waals surface area contributed by atoms with E-state index in [1.807, 2.05) is 6.92 Å². The van der Waals surface area contributed by atoms with Gasteiger partial charge in [0.05, 0.1) is 16.1 Å². The lowest BCUT2D eigenvalue weighted by Crippen LogP contribution is -2.44. The average molecular weight is 204 g/mol. The molecule has 0 spiro atoms. The molecular formula is C9H16O3S. The van der Waals surface area contributed by atoms with Crippen molar-refractivity contribution < 1.29 is 13.5 Å². The van der Waals surface area contributed by atoms with E-state index in [1.54, 1.807) is 0 Å². The van der Waals surface area contributed by atoms with E-state index in [9.17, 15) is 13.5 Å². The fourth-order valence-corrected chi connectivity index (χ4v) is 5.19. The highest BCUT2D eigenvalue weighted by molar-refractivity contribution is 7.93. The highest BCUT2D eigenvalue weighted by Gasteiger charge is 2.51. The molecule has 2 heterocycles. The van der Waals surface area contributed by atoms with Gasteiger partial charge in [-0.3, -0.25) is 0 Å². The molecule has 2 atom stereocenters. The molecule has 2 bridgehead atoms. The van der Waals surface area contributed by atoms with E-state index in [-0.39, 0.29) is 10.5 Å². The topological polar surface area (TPSA) is 54.4 Å². The van der Waals surface area contributed by atoms with Gasteiger partial charge in [-0.05, 0) is 32.1 Å². The van der Waals surface area contributed by atoms with Gasteiger partial charge in [0.2, 0.25) is 0 Å². The second-order valence-electron chi connectivity index (χ2n) is 4.40. The largest absolute Gasteiger partial charge is 0.390 e. The molecule has 2 saturated heterocycles. The van der Waals surface area contributed by atoms with Crippen LogP contribution in [-0.2, 0) is 9.84 Å². The zero-order valence-electron chi connectivity index (χ0n) is 7.86. The molecule has 0 aromatic rings. The summed E-state index contributed by atoms with van der Waals surface area (Å²) >= 11 is 0. The van der Waals surface area contributed by atoms with E-state index >= 15 is 0 Å². The normalized spacial score (nSPS) is 47.8. The average Bonchev–Trinajstić information content (AvgIpc) is 2.26. The Hall–Kier alpha value is -0.0900. The van der Waals surface area contributed by atoms with Crippen LogP contribution in [0.4, 0.5) is 0 Å². The molecule has 0 aliphatic carbocycles. The Bertz CT molecular complexity index is 287. The zero-order chi connectivity index (χ0) is 9.69. The van der Waals surface area contributed by atoms with Gasteiger partial charge in [0.1, 0.15) is 0 Å². The molecule has 4 heteroatoms. The highest BCUT2D eigenvalue weighted by Crippen LogP contribution is 2.44. The first kappa shape index (κ1) is 9.46. The molecule has 2 aliphatic rings. The van der Waals surface area contributed by atoms with Crippen molar-refractivity contribution in [2.45, 2.75) is 55.1 Å². The van der Waals surface area contributed by atoms with E-state index in [1.165, 1.54) is 0 Å². The lowest BCUT2D eigenvalue weighted by atomic mass is 9.91. The summed E-state index contributed by atoms with van der Waals surface area (Å²) < 4.78 is 23.3. The summed E-state index contributed by atoms with van der Waals surface area (Å²) in [4.78, 5) is 0. The van der Waals surface area contributed by atoms with Crippen LogP contribution in [0.1, 0.15) is 39.0 Å². The lowest BCUT2D eigenvalue weighted by molar-refractivity contribution is 0.0179. The number of rotatable bonds is 1. The third-order valence-corrected chi connectivity index (χ3v) is 6.28. The first-order valence-electron chi connectivity index (χ1n) is 4.93. The van der Waals surface area contributed by atoms with Gasteiger partial charge in [-0.25, -0.2) is 8.42 Å². The van der Waals surface area contributed by atoms with Crippen molar-refractivity contribution in [1.29, 1.82) is 0 Å². The Labute approximate surface area is 79.1 Å². The fraction of sp³-hybridized carbons (Fsp3) is 1.00. The molecule has 2 fully saturated rings. The van der Waals surface area contributed by atoms with Gasteiger partial charge in [-0.1, -0.05) is 6.92 Å². The van der Waals surface area contributed by atoms with Gasteiger partial charge in [0, 0.05) is 0 Å². The maximum absolute atomic E-state index is 11.7. The van der Waals surface area contributed by atoms with E-state index in [4.69, 9.17) is 0 Å². The maximum Gasteiger partial charge on any atom is 0.156 e. The number of hydrogen-bond donors (Lipinski definition) is 1. The smallest absolute Gasteiger partial charge is 0.156 e. The van der Waals surface area contributed by atoms with Crippen LogP contribution in [0, 0.1) is 0 Å². The molecule has 0 aromatic heterocycles. The highest BCUT2D eigenvalue weighted by atomic mass is 32.2. The quantitative estimate of drug-likeness (QED) is 0.689. The van der Waals surface area contributed by atoms with Crippen LogP contribution in [-0.4, -0.2) is 29.6 Å². The summed E-state index contributed by atoms with van der Waals surface area (Å²) in [6.07, 6.45) is 3.12. The molecule has 0 amide bonds. The molecule has 0 radical (unpaired) electrons. The van der Waals surface area contributed by atoms with Crippen LogP contribution in [0.3, 0.4) is 0 Å². The van der Waals surface area contributed by atoms with Crippen molar-refractivity contribution >= 4 is 9.84 Å². The zero-order valence-corrected chi connectivity index (χ0v) is 8.68. The second kappa shape index (κ2) is 2.70. The van der Waals surface area contributed by atoms with E-state index in [2.05, 4.69) is 0 Å². The molecule has 2 rings (SSSR count). The summed E-state index contributed by atoms with van der Waals surface area (Å²) in [6.45, 7) is 1.93. The Balaban J connectivity index is 2.30.